The third-order valence-corrected chi connectivity index (χ3v) is 3.78. The number of nitrogens with one attached hydrogen (secondary N) is 1. The molecule has 0 bridgehead atoms. The molecular formula is C18H23FN2. The van der Waals surface area contributed by atoms with Gasteiger partial charge in [-0.3, -0.25) is 4.98 Å². The molecule has 0 saturated carbocycles. The fourth-order valence-electron chi connectivity index (χ4n) is 2.50. The Bertz CT molecular complexity index is 525. The van der Waals surface area contributed by atoms with E-state index in [0.29, 0.717) is 0 Å². The number of aromatic nitrogens is 1. The van der Waals surface area contributed by atoms with E-state index in [2.05, 4.69) is 24.1 Å². The Labute approximate surface area is 126 Å². The van der Waals surface area contributed by atoms with Crippen LogP contribution < -0.4 is 5.32 Å². The second kappa shape index (κ2) is 7.89. The summed E-state index contributed by atoms with van der Waals surface area (Å²) in [6.45, 7) is 4.34. The van der Waals surface area contributed by atoms with Crippen LogP contribution in [-0.4, -0.2) is 4.98 Å². The monoisotopic (exact) mass is 286 g/mol. The molecular weight excluding hydrogens is 263 g/mol. The second-order valence-electron chi connectivity index (χ2n) is 5.42. The highest BCUT2D eigenvalue weighted by Gasteiger charge is 2.15. The van der Waals surface area contributed by atoms with Crippen LogP contribution in [0.5, 0.6) is 0 Å². The maximum Gasteiger partial charge on any atom is 0.123 e. The Hall–Kier alpha value is -1.74. The van der Waals surface area contributed by atoms with Crippen LogP contribution in [0, 0.1) is 5.82 Å². The molecule has 0 aliphatic carbocycles. The number of hydrogen-bond acceptors (Lipinski definition) is 2. The minimum Gasteiger partial charge on any atom is -0.303 e. The lowest BCUT2D eigenvalue weighted by Gasteiger charge is -2.24. The lowest BCUT2D eigenvalue weighted by molar-refractivity contribution is 0.431. The molecule has 3 heteroatoms. The number of hydrogen-bond donors (Lipinski definition) is 1. The van der Waals surface area contributed by atoms with Gasteiger partial charge in [-0.25, -0.2) is 4.39 Å². The van der Waals surface area contributed by atoms with Crippen molar-refractivity contribution in [3.8, 4) is 0 Å². The first-order chi connectivity index (χ1) is 10.2. The summed E-state index contributed by atoms with van der Waals surface area (Å²) < 4.78 is 13.1. The Balaban J connectivity index is 2.10. The molecule has 0 aliphatic rings. The summed E-state index contributed by atoms with van der Waals surface area (Å²) in [6, 6.07) is 11.4. The SMILES string of the molecule is CCCCC(N[C@@H](C)c1ccncc1)c1ccc(F)cc1. The summed E-state index contributed by atoms with van der Waals surface area (Å²) in [5.74, 6) is -0.185. The first kappa shape index (κ1) is 15.6. The van der Waals surface area contributed by atoms with Gasteiger partial charge < -0.3 is 5.32 Å². The zero-order valence-corrected chi connectivity index (χ0v) is 12.7. The topological polar surface area (TPSA) is 24.9 Å². The molecule has 2 aromatic rings. The highest BCUT2D eigenvalue weighted by molar-refractivity contribution is 5.21. The van der Waals surface area contributed by atoms with E-state index in [9.17, 15) is 4.39 Å². The summed E-state index contributed by atoms with van der Waals surface area (Å²) in [5.41, 5.74) is 2.36. The molecule has 0 saturated heterocycles. The van der Waals surface area contributed by atoms with Gasteiger partial charge in [0.15, 0.2) is 0 Å². The summed E-state index contributed by atoms with van der Waals surface area (Å²) >= 11 is 0. The van der Waals surface area contributed by atoms with E-state index in [1.54, 1.807) is 0 Å². The highest BCUT2D eigenvalue weighted by atomic mass is 19.1. The van der Waals surface area contributed by atoms with Crippen molar-refractivity contribution in [1.29, 1.82) is 0 Å². The van der Waals surface area contributed by atoms with Crippen LogP contribution in [0.15, 0.2) is 48.8 Å². The Morgan fingerprint density at radius 2 is 1.71 bits per heavy atom. The van der Waals surface area contributed by atoms with E-state index in [-0.39, 0.29) is 17.9 Å². The van der Waals surface area contributed by atoms with Crippen LogP contribution >= 0.6 is 0 Å². The van der Waals surface area contributed by atoms with Gasteiger partial charge in [0.2, 0.25) is 0 Å². The van der Waals surface area contributed by atoms with Gasteiger partial charge in [-0.1, -0.05) is 31.9 Å². The summed E-state index contributed by atoms with van der Waals surface area (Å²) in [5, 5.41) is 3.65. The smallest absolute Gasteiger partial charge is 0.123 e. The third-order valence-electron chi connectivity index (χ3n) is 3.78. The normalized spacial score (nSPS) is 13.9. The minimum atomic E-state index is -0.185. The molecule has 1 aromatic carbocycles. The van der Waals surface area contributed by atoms with E-state index in [1.165, 1.54) is 17.7 Å². The quantitative estimate of drug-likeness (QED) is 0.790. The Kier molecular flexibility index (Phi) is 5.88. The first-order valence-electron chi connectivity index (χ1n) is 7.62. The van der Waals surface area contributed by atoms with Crippen molar-refractivity contribution in [1.82, 2.24) is 10.3 Å². The molecule has 0 amide bonds. The van der Waals surface area contributed by atoms with Crippen molar-refractivity contribution in [3.63, 3.8) is 0 Å². The molecule has 1 aromatic heterocycles. The van der Waals surface area contributed by atoms with Crippen LogP contribution in [0.2, 0.25) is 0 Å². The number of pyridine rings is 1. The predicted octanol–water partition coefficient (Wildman–Crippen LogP) is 4.80. The average molecular weight is 286 g/mol. The maximum atomic E-state index is 13.1. The average Bonchev–Trinajstić information content (AvgIpc) is 2.53. The zero-order valence-electron chi connectivity index (χ0n) is 12.7. The number of unbranched alkanes of at least 4 members (excludes halogenated alkanes) is 1. The van der Waals surface area contributed by atoms with Crippen molar-refractivity contribution in [2.24, 2.45) is 0 Å². The standard InChI is InChI=1S/C18H23FN2/c1-3-4-5-18(16-6-8-17(19)9-7-16)21-14(2)15-10-12-20-13-11-15/h6-14,18,21H,3-5H2,1-2H3/t14-,18?/m0/s1. The molecule has 2 rings (SSSR count). The first-order valence-corrected chi connectivity index (χ1v) is 7.62. The Morgan fingerprint density at radius 3 is 2.33 bits per heavy atom. The van der Waals surface area contributed by atoms with Gasteiger partial charge in [0.25, 0.3) is 0 Å². The molecule has 0 radical (unpaired) electrons. The molecule has 1 unspecified atom stereocenters. The van der Waals surface area contributed by atoms with Gasteiger partial charge in [0, 0.05) is 24.5 Å². The molecule has 112 valence electrons. The van der Waals surface area contributed by atoms with E-state index < -0.39 is 0 Å². The van der Waals surface area contributed by atoms with Crippen molar-refractivity contribution in [3.05, 3.63) is 65.7 Å². The molecule has 2 nitrogen and oxygen atoms in total. The lowest BCUT2D eigenvalue weighted by Crippen LogP contribution is -2.24. The van der Waals surface area contributed by atoms with E-state index in [1.807, 2.05) is 36.7 Å². The van der Waals surface area contributed by atoms with E-state index in [0.717, 1.165) is 24.8 Å². The maximum absolute atomic E-state index is 13.1. The van der Waals surface area contributed by atoms with Crippen LogP contribution in [0.4, 0.5) is 4.39 Å². The molecule has 2 atom stereocenters. The largest absolute Gasteiger partial charge is 0.303 e. The van der Waals surface area contributed by atoms with Crippen LogP contribution in [0.1, 0.15) is 56.3 Å². The fraction of sp³-hybridized carbons (Fsp3) is 0.389. The van der Waals surface area contributed by atoms with Gasteiger partial charge >= 0.3 is 0 Å². The molecule has 0 fully saturated rings. The highest BCUT2D eigenvalue weighted by Crippen LogP contribution is 2.24. The van der Waals surface area contributed by atoms with Gasteiger partial charge in [0.05, 0.1) is 0 Å². The van der Waals surface area contributed by atoms with E-state index >= 15 is 0 Å². The molecule has 21 heavy (non-hydrogen) atoms. The number of halogens is 1. The number of nitrogens with zero attached hydrogens (tertiary/aromatic N) is 1. The number of rotatable bonds is 7. The predicted molar refractivity (Wildman–Crippen MR) is 84.5 cm³/mol. The zero-order chi connectivity index (χ0) is 15.1. The molecule has 1 heterocycles. The summed E-state index contributed by atoms with van der Waals surface area (Å²) in [7, 11) is 0. The lowest BCUT2D eigenvalue weighted by atomic mass is 9.99. The van der Waals surface area contributed by atoms with Crippen LogP contribution in [0.3, 0.4) is 0 Å². The van der Waals surface area contributed by atoms with Crippen LogP contribution in [-0.2, 0) is 0 Å². The molecule has 0 spiro atoms. The second-order valence-corrected chi connectivity index (χ2v) is 5.42. The fourth-order valence-corrected chi connectivity index (χ4v) is 2.50. The molecule has 0 aliphatic heterocycles. The van der Waals surface area contributed by atoms with Crippen molar-refractivity contribution >= 4 is 0 Å². The Morgan fingerprint density at radius 1 is 1.05 bits per heavy atom. The van der Waals surface area contributed by atoms with E-state index in [4.69, 9.17) is 0 Å². The summed E-state index contributed by atoms with van der Waals surface area (Å²) in [4.78, 5) is 4.05. The van der Waals surface area contributed by atoms with Gasteiger partial charge in [-0.2, -0.15) is 0 Å². The minimum absolute atomic E-state index is 0.185. The van der Waals surface area contributed by atoms with Gasteiger partial charge in [0.1, 0.15) is 5.82 Å². The van der Waals surface area contributed by atoms with Gasteiger partial charge in [-0.05, 0) is 48.7 Å². The number of benzene rings is 1. The van der Waals surface area contributed by atoms with Crippen LogP contribution in [0.25, 0.3) is 0 Å². The molecule has 1 N–H and O–H groups in total. The van der Waals surface area contributed by atoms with Crippen molar-refractivity contribution < 1.29 is 4.39 Å². The third kappa shape index (κ3) is 4.64. The van der Waals surface area contributed by atoms with Crippen molar-refractivity contribution in [2.45, 2.75) is 45.2 Å². The summed E-state index contributed by atoms with van der Waals surface area (Å²) in [6.07, 6.45) is 6.98. The van der Waals surface area contributed by atoms with Gasteiger partial charge in [-0.15, -0.1) is 0 Å². The van der Waals surface area contributed by atoms with Crippen molar-refractivity contribution in [2.75, 3.05) is 0 Å².